The van der Waals surface area contributed by atoms with Gasteiger partial charge in [0.05, 0.1) is 28.2 Å². The van der Waals surface area contributed by atoms with Gasteiger partial charge in [-0.05, 0) is 92.7 Å². The zero-order chi connectivity index (χ0) is 28.9. The molecule has 0 atom stereocenters. The normalized spacial score (nSPS) is 11.3. The summed E-state index contributed by atoms with van der Waals surface area (Å²) in [5, 5.41) is 14.2. The van der Waals surface area contributed by atoms with Crippen LogP contribution in [0.5, 0.6) is 0 Å². The number of rotatable bonds is 3. The first kappa shape index (κ1) is 24.8. The number of hydrogen-bond donors (Lipinski definition) is 0. The summed E-state index contributed by atoms with van der Waals surface area (Å²) in [6, 6.07) is 44.2. The van der Waals surface area contributed by atoms with Gasteiger partial charge in [0.2, 0.25) is 0 Å². The molecule has 4 heteroatoms. The van der Waals surface area contributed by atoms with E-state index in [9.17, 15) is 9.65 Å². The van der Waals surface area contributed by atoms with E-state index in [2.05, 4.69) is 78.9 Å². The Hall–Kier alpha value is -5.92. The Labute approximate surface area is 247 Å². The molecule has 8 aromatic rings. The second-order valence-electron chi connectivity index (χ2n) is 10.7. The maximum atomic E-state index is 14.0. The predicted molar refractivity (Wildman–Crippen MR) is 173 cm³/mol. The third-order valence-corrected chi connectivity index (χ3v) is 8.18. The van der Waals surface area contributed by atoms with Gasteiger partial charge in [-0.25, -0.2) is 9.37 Å². The van der Waals surface area contributed by atoms with Gasteiger partial charge in [-0.1, -0.05) is 78.9 Å². The van der Waals surface area contributed by atoms with Crippen molar-refractivity contribution in [1.82, 2.24) is 9.97 Å². The van der Waals surface area contributed by atoms with Crippen LogP contribution < -0.4 is 0 Å². The van der Waals surface area contributed by atoms with Crippen LogP contribution in [0, 0.1) is 17.1 Å². The SMILES string of the molecule is N#Cc1ccc(-c2ccc(-c3ccc(-c4cc5cc6cc(F)ccc6nc5c5ncccc45)cc3)c3ccccc23)cc1. The Balaban J connectivity index is 1.25. The summed E-state index contributed by atoms with van der Waals surface area (Å²) in [5.41, 5.74) is 9.66. The van der Waals surface area contributed by atoms with E-state index in [1.54, 1.807) is 12.3 Å². The summed E-state index contributed by atoms with van der Waals surface area (Å²) < 4.78 is 14.0. The molecule has 0 aliphatic heterocycles. The smallest absolute Gasteiger partial charge is 0.123 e. The largest absolute Gasteiger partial charge is 0.254 e. The zero-order valence-corrected chi connectivity index (χ0v) is 22.9. The molecule has 0 N–H and O–H groups in total. The van der Waals surface area contributed by atoms with E-state index in [4.69, 9.17) is 9.97 Å². The van der Waals surface area contributed by atoms with Gasteiger partial charge in [0.15, 0.2) is 0 Å². The molecule has 0 radical (unpaired) electrons. The molecule has 0 saturated carbocycles. The first-order chi connectivity index (χ1) is 21.2. The van der Waals surface area contributed by atoms with Gasteiger partial charge in [-0.2, -0.15) is 5.26 Å². The molecular formula is C39H22FN3. The van der Waals surface area contributed by atoms with Gasteiger partial charge < -0.3 is 0 Å². The number of nitrogens with zero attached hydrogens (tertiary/aromatic N) is 3. The standard InChI is InChI=1S/C39H22FN3/c40-30-15-18-37-28(21-30)20-29-22-36(35-6-3-19-42-39(35)38(29)43-37)27-13-11-26(12-14-27)32-17-16-31(33-4-1-2-5-34(32)33)25-9-7-24(23-41)8-10-25/h1-22H. The molecule has 0 fully saturated rings. The molecule has 3 nitrogen and oxygen atoms in total. The molecule has 0 amide bonds. The van der Waals surface area contributed by atoms with Gasteiger partial charge in [-0.15, -0.1) is 0 Å². The van der Waals surface area contributed by atoms with Gasteiger partial charge in [0, 0.05) is 22.4 Å². The Morgan fingerprint density at radius 3 is 1.84 bits per heavy atom. The first-order valence-electron chi connectivity index (χ1n) is 14.1. The number of nitriles is 1. The summed E-state index contributed by atoms with van der Waals surface area (Å²) >= 11 is 0. The number of benzene rings is 6. The van der Waals surface area contributed by atoms with E-state index < -0.39 is 0 Å². The second-order valence-corrected chi connectivity index (χ2v) is 10.7. The van der Waals surface area contributed by atoms with Crippen LogP contribution in [0.3, 0.4) is 0 Å². The van der Waals surface area contributed by atoms with Crippen molar-refractivity contribution in [1.29, 1.82) is 5.26 Å². The third kappa shape index (κ3) is 4.18. The number of hydrogen-bond acceptors (Lipinski definition) is 3. The minimum atomic E-state index is -0.277. The number of fused-ring (bicyclic) bond motifs is 5. The minimum absolute atomic E-state index is 0.277. The number of aromatic nitrogens is 2. The summed E-state index contributed by atoms with van der Waals surface area (Å²) in [6.07, 6.45) is 1.79. The highest BCUT2D eigenvalue weighted by atomic mass is 19.1. The third-order valence-electron chi connectivity index (χ3n) is 8.18. The van der Waals surface area contributed by atoms with E-state index in [-0.39, 0.29) is 5.82 Å². The van der Waals surface area contributed by atoms with Crippen molar-refractivity contribution >= 4 is 43.5 Å². The molecule has 0 saturated heterocycles. The van der Waals surface area contributed by atoms with Crippen molar-refractivity contribution in [2.45, 2.75) is 0 Å². The molecule has 0 aliphatic carbocycles. The lowest BCUT2D eigenvalue weighted by Gasteiger charge is -2.14. The van der Waals surface area contributed by atoms with Crippen LogP contribution in [0.4, 0.5) is 4.39 Å². The summed E-state index contributed by atoms with van der Waals surface area (Å²) in [5.74, 6) is -0.277. The van der Waals surface area contributed by atoms with Gasteiger partial charge in [0.25, 0.3) is 0 Å². The van der Waals surface area contributed by atoms with E-state index in [1.807, 2.05) is 36.4 Å². The average molecular weight is 552 g/mol. The van der Waals surface area contributed by atoms with E-state index in [1.165, 1.54) is 17.5 Å². The van der Waals surface area contributed by atoms with E-state index in [0.29, 0.717) is 5.56 Å². The van der Waals surface area contributed by atoms with E-state index in [0.717, 1.165) is 71.5 Å². The first-order valence-corrected chi connectivity index (χ1v) is 14.1. The van der Waals surface area contributed by atoms with Crippen LogP contribution >= 0.6 is 0 Å². The Kier molecular flexibility index (Phi) is 5.70. The monoisotopic (exact) mass is 551 g/mol. The molecule has 200 valence electrons. The van der Waals surface area contributed by atoms with Crippen LogP contribution in [0.15, 0.2) is 134 Å². The molecule has 43 heavy (non-hydrogen) atoms. The maximum absolute atomic E-state index is 14.0. The lowest BCUT2D eigenvalue weighted by Crippen LogP contribution is -1.91. The highest BCUT2D eigenvalue weighted by Crippen LogP contribution is 2.38. The maximum Gasteiger partial charge on any atom is 0.123 e. The van der Waals surface area contributed by atoms with Crippen molar-refractivity contribution in [3.8, 4) is 39.4 Å². The van der Waals surface area contributed by atoms with Crippen LogP contribution in [-0.2, 0) is 0 Å². The molecule has 2 heterocycles. The fraction of sp³-hybridized carbons (Fsp3) is 0. The topological polar surface area (TPSA) is 49.6 Å². The molecule has 8 rings (SSSR count). The summed E-state index contributed by atoms with van der Waals surface area (Å²) in [7, 11) is 0. The fourth-order valence-electron chi connectivity index (χ4n) is 6.10. The van der Waals surface area contributed by atoms with Crippen LogP contribution in [-0.4, -0.2) is 9.97 Å². The van der Waals surface area contributed by atoms with Crippen molar-refractivity contribution in [2.75, 3.05) is 0 Å². The Morgan fingerprint density at radius 1 is 0.535 bits per heavy atom. The van der Waals surface area contributed by atoms with Crippen molar-refractivity contribution in [3.63, 3.8) is 0 Å². The minimum Gasteiger partial charge on any atom is -0.254 e. The lowest BCUT2D eigenvalue weighted by atomic mass is 9.91. The molecule has 0 aliphatic rings. The highest BCUT2D eigenvalue weighted by Gasteiger charge is 2.14. The molecule has 0 spiro atoms. The highest BCUT2D eigenvalue weighted by molar-refractivity contribution is 6.12. The second kappa shape index (κ2) is 9.87. The fourth-order valence-corrected chi connectivity index (χ4v) is 6.10. The van der Waals surface area contributed by atoms with Crippen LogP contribution in [0.25, 0.3) is 76.9 Å². The van der Waals surface area contributed by atoms with Crippen LogP contribution in [0.2, 0.25) is 0 Å². The van der Waals surface area contributed by atoms with Crippen LogP contribution in [0.1, 0.15) is 5.56 Å². The lowest BCUT2D eigenvalue weighted by molar-refractivity contribution is 0.629. The van der Waals surface area contributed by atoms with Gasteiger partial charge in [0.1, 0.15) is 5.82 Å². The summed E-state index contributed by atoms with van der Waals surface area (Å²) in [4.78, 5) is 9.57. The molecule has 6 aromatic carbocycles. The van der Waals surface area contributed by atoms with E-state index >= 15 is 0 Å². The molecule has 0 bridgehead atoms. The van der Waals surface area contributed by atoms with Crippen molar-refractivity contribution < 1.29 is 4.39 Å². The number of halogens is 1. The Morgan fingerprint density at radius 2 is 1.16 bits per heavy atom. The van der Waals surface area contributed by atoms with Gasteiger partial charge in [-0.3, -0.25) is 4.98 Å². The molecule has 0 unspecified atom stereocenters. The quantitative estimate of drug-likeness (QED) is 0.162. The predicted octanol–water partition coefficient (Wildman–Crippen LogP) is 10.1. The molecular weight excluding hydrogens is 529 g/mol. The summed E-state index contributed by atoms with van der Waals surface area (Å²) in [6.45, 7) is 0. The number of pyridine rings is 2. The molecule has 2 aromatic heterocycles. The van der Waals surface area contributed by atoms with Gasteiger partial charge >= 0.3 is 0 Å². The Bertz CT molecular complexity index is 2400. The van der Waals surface area contributed by atoms with Crippen molar-refractivity contribution in [3.05, 3.63) is 145 Å². The van der Waals surface area contributed by atoms with Crippen molar-refractivity contribution in [2.24, 2.45) is 0 Å². The average Bonchev–Trinajstić information content (AvgIpc) is 3.07. The zero-order valence-electron chi connectivity index (χ0n) is 22.9.